The number of nitrogen functional groups attached to an aromatic ring is 1. The quantitative estimate of drug-likeness (QED) is 0.582. The molecular weight excluding hydrogens is 224 g/mol. The molecule has 0 radical (unpaired) electrons. The van der Waals surface area contributed by atoms with Crippen molar-refractivity contribution in [1.29, 1.82) is 0 Å². The first-order valence-corrected chi connectivity index (χ1v) is 6.03. The molecule has 0 aromatic heterocycles. The molecular formula is C13H19F2NO. The predicted molar refractivity (Wildman–Crippen MR) is 65.0 cm³/mol. The third-order valence-electron chi connectivity index (χ3n) is 2.57. The van der Waals surface area contributed by atoms with Gasteiger partial charge in [-0.3, -0.25) is 0 Å². The van der Waals surface area contributed by atoms with E-state index in [9.17, 15) is 8.78 Å². The van der Waals surface area contributed by atoms with E-state index in [0.29, 0.717) is 6.61 Å². The summed E-state index contributed by atoms with van der Waals surface area (Å²) in [7, 11) is 0. The largest absolute Gasteiger partial charge is 0.488 e. The Bertz CT molecular complexity index is 356. The number of ether oxygens (including phenoxy) is 1. The minimum Gasteiger partial charge on any atom is -0.488 e. The van der Waals surface area contributed by atoms with Crippen molar-refractivity contribution >= 4 is 5.69 Å². The molecule has 4 heteroatoms. The fourth-order valence-corrected chi connectivity index (χ4v) is 1.57. The van der Waals surface area contributed by atoms with Crippen molar-refractivity contribution in [2.45, 2.75) is 39.0 Å². The molecule has 0 aliphatic carbocycles. The second kappa shape index (κ2) is 7.09. The zero-order valence-electron chi connectivity index (χ0n) is 10.1. The van der Waals surface area contributed by atoms with Gasteiger partial charge in [0.25, 0.3) is 0 Å². The highest BCUT2D eigenvalue weighted by Crippen LogP contribution is 2.27. The molecule has 0 amide bonds. The lowest BCUT2D eigenvalue weighted by Crippen LogP contribution is -2.04. The summed E-state index contributed by atoms with van der Waals surface area (Å²) in [5.41, 5.74) is 5.66. The van der Waals surface area contributed by atoms with Crippen LogP contribution in [0.2, 0.25) is 0 Å². The third-order valence-corrected chi connectivity index (χ3v) is 2.57. The van der Waals surface area contributed by atoms with Crippen LogP contribution in [-0.4, -0.2) is 6.61 Å². The van der Waals surface area contributed by atoms with Gasteiger partial charge in [0, 0.05) is 0 Å². The van der Waals surface area contributed by atoms with E-state index >= 15 is 0 Å². The van der Waals surface area contributed by atoms with Crippen LogP contribution in [0.15, 0.2) is 12.1 Å². The topological polar surface area (TPSA) is 35.2 Å². The summed E-state index contributed by atoms with van der Waals surface area (Å²) in [6.45, 7) is 2.51. The van der Waals surface area contributed by atoms with E-state index in [-0.39, 0.29) is 11.4 Å². The Hall–Kier alpha value is -1.32. The van der Waals surface area contributed by atoms with Gasteiger partial charge in [-0.1, -0.05) is 32.6 Å². The smallest absolute Gasteiger partial charge is 0.202 e. The van der Waals surface area contributed by atoms with Crippen LogP contribution >= 0.6 is 0 Å². The van der Waals surface area contributed by atoms with Gasteiger partial charge in [0.1, 0.15) is 0 Å². The summed E-state index contributed by atoms with van der Waals surface area (Å²) in [6.07, 6.45) is 5.36. The van der Waals surface area contributed by atoms with Gasteiger partial charge in [-0.15, -0.1) is 0 Å². The minimum atomic E-state index is -1.00. The van der Waals surface area contributed by atoms with Crippen molar-refractivity contribution in [3.8, 4) is 5.75 Å². The molecule has 0 fully saturated rings. The van der Waals surface area contributed by atoms with Crippen molar-refractivity contribution in [1.82, 2.24) is 0 Å². The molecule has 0 atom stereocenters. The lowest BCUT2D eigenvalue weighted by Gasteiger charge is -2.10. The maximum Gasteiger partial charge on any atom is 0.202 e. The highest BCUT2D eigenvalue weighted by Gasteiger charge is 2.12. The molecule has 1 aromatic carbocycles. The van der Waals surface area contributed by atoms with E-state index in [0.717, 1.165) is 25.3 Å². The molecule has 96 valence electrons. The van der Waals surface area contributed by atoms with Crippen LogP contribution < -0.4 is 10.5 Å². The summed E-state index contributed by atoms with van der Waals surface area (Å²) in [5.74, 6) is -2.10. The maximum atomic E-state index is 13.3. The van der Waals surface area contributed by atoms with Crippen LogP contribution in [0.1, 0.15) is 39.0 Å². The Morgan fingerprint density at radius 3 is 2.53 bits per heavy atom. The van der Waals surface area contributed by atoms with E-state index < -0.39 is 11.6 Å². The van der Waals surface area contributed by atoms with Crippen molar-refractivity contribution in [2.75, 3.05) is 12.3 Å². The second-order valence-electron chi connectivity index (χ2n) is 4.04. The fourth-order valence-electron chi connectivity index (χ4n) is 1.57. The number of anilines is 1. The lowest BCUT2D eigenvalue weighted by molar-refractivity contribution is 0.286. The molecule has 17 heavy (non-hydrogen) atoms. The molecule has 2 nitrogen and oxygen atoms in total. The molecule has 0 aliphatic heterocycles. The SMILES string of the molecule is CCCCCCCOc1c(N)ccc(F)c1F. The Labute approximate surface area is 101 Å². The monoisotopic (exact) mass is 243 g/mol. The number of halogens is 2. The van der Waals surface area contributed by atoms with Gasteiger partial charge in [-0.05, 0) is 18.6 Å². The van der Waals surface area contributed by atoms with E-state index in [4.69, 9.17) is 10.5 Å². The van der Waals surface area contributed by atoms with Crippen molar-refractivity contribution in [3.63, 3.8) is 0 Å². The van der Waals surface area contributed by atoms with Gasteiger partial charge < -0.3 is 10.5 Å². The standard InChI is InChI=1S/C13H19F2NO/c1-2-3-4-5-6-9-17-13-11(16)8-7-10(14)12(13)15/h7-8H,2-6,9,16H2,1H3. The first-order chi connectivity index (χ1) is 8.16. The fraction of sp³-hybridized carbons (Fsp3) is 0.538. The summed E-state index contributed by atoms with van der Waals surface area (Å²) < 4.78 is 31.4. The summed E-state index contributed by atoms with van der Waals surface area (Å²) >= 11 is 0. The number of hydrogen-bond acceptors (Lipinski definition) is 2. The van der Waals surface area contributed by atoms with Crippen molar-refractivity contribution in [3.05, 3.63) is 23.8 Å². The van der Waals surface area contributed by atoms with E-state index in [2.05, 4.69) is 6.92 Å². The first-order valence-electron chi connectivity index (χ1n) is 6.03. The Morgan fingerprint density at radius 1 is 1.12 bits per heavy atom. The van der Waals surface area contributed by atoms with E-state index in [1.165, 1.54) is 18.9 Å². The molecule has 0 bridgehead atoms. The number of nitrogens with two attached hydrogens (primary N) is 1. The van der Waals surface area contributed by atoms with Gasteiger partial charge in [-0.2, -0.15) is 4.39 Å². The Morgan fingerprint density at radius 2 is 1.82 bits per heavy atom. The van der Waals surface area contributed by atoms with Crippen LogP contribution in [0, 0.1) is 11.6 Å². The minimum absolute atomic E-state index is 0.137. The van der Waals surface area contributed by atoms with Crippen LogP contribution in [-0.2, 0) is 0 Å². The van der Waals surface area contributed by atoms with Gasteiger partial charge in [0.15, 0.2) is 11.6 Å². The van der Waals surface area contributed by atoms with Crippen LogP contribution in [0.5, 0.6) is 5.75 Å². The maximum absolute atomic E-state index is 13.3. The predicted octanol–water partition coefficient (Wildman–Crippen LogP) is 3.90. The molecule has 1 rings (SSSR count). The van der Waals surface area contributed by atoms with Crippen molar-refractivity contribution < 1.29 is 13.5 Å². The molecule has 0 saturated carbocycles. The molecule has 0 saturated heterocycles. The number of benzene rings is 1. The molecule has 0 aliphatic rings. The highest BCUT2D eigenvalue weighted by molar-refractivity contribution is 5.53. The molecule has 1 aromatic rings. The number of unbranched alkanes of at least 4 members (excludes halogenated alkanes) is 4. The summed E-state index contributed by atoms with van der Waals surface area (Å²) in [5, 5.41) is 0. The number of hydrogen-bond donors (Lipinski definition) is 1. The van der Waals surface area contributed by atoms with Gasteiger partial charge in [-0.25, -0.2) is 4.39 Å². The Kier molecular flexibility index (Phi) is 5.73. The zero-order chi connectivity index (χ0) is 12.7. The van der Waals surface area contributed by atoms with Crippen LogP contribution in [0.25, 0.3) is 0 Å². The third kappa shape index (κ3) is 4.21. The number of rotatable bonds is 7. The lowest BCUT2D eigenvalue weighted by atomic mass is 10.2. The average molecular weight is 243 g/mol. The van der Waals surface area contributed by atoms with Crippen molar-refractivity contribution in [2.24, 2.45) is 0 Å². The zero-order valence-corrected chi connectivity index (χ0v) is 10.1. The molecule has 0 unspecified atom stereocenters. The summed E-state index contributed by atoms with van der Waals surface area (Å²) in [4.78, 5) is 0. The summed E-state index contributed by atoms with van der Waals surface area (Å²) in [6, 6.07) is 2.31. The van der Waals surface area contributed by atoms with E-state index in [1.807, 2.05) is 0 Å². The van der Waals surface area contributed by atoms with E-state index in [1.54, 1.807) is 0 Å². The van der Waals surface area contributed by atoms with Gasteiger partial charge >= 0.3 is 0 Å². The van der Waals surface area contributed by atoms with Gasteiger partial charge in [0.2, 0.25) is 5.82 Å². The normalized spacial score (nSPS) is 10.5. The first kappa shape index (κ1) is 13.7. The molecule has 2 N–H and O–H groups in total. The Balaban J connectivity index is 2.39. The molecule has 0 heterocycles. The van der Waals surface area contributed by atoms with Crippen LogP contribution in [0.3, 0.4) is 0 Å². The molecule has 0 spiro atoms. The van der Waals surface area contributed by atoms with Gasteiger partial charge in [0.05, 0.1) is 12.3 Å². The van der Waals surface area contributed by atoms with Crippen LogP contribution in [0.4, 0.5) is 14.5 Å². The second-order valence-corrected chi connectivity index (χ2v) is 4.04. The highest BCUT2D eigenvalue weighted by atomic mass is 19.2. The average Bonchev–Trinajstić information content (AvgIpc) is 2.32.